The molecule has 2 aromatic carbocycles. The van der Waals surface area contributed by atoms with Crippen LogP contribution < -0.4 is 15.6 Å². The minimum Gasteiger partial charge on any atom is -0.406 e. The zero-order valence-electron chi connectivity index (χ0n) is 19.2. The minimum absolute atomic E-state index is 0.000890. The van der Waals surface area contributed by atoms with Gasteiger partial charge < -0.3 is 10.1 Å². The fraction of sp³-hybridized carbons (Fsp3) is 0.250. The molecule has 1 N–H and O–H groups in total. The largest absolute Gasteiger partial charge is 0.573 e. The Morgan fingerprint density at radius 2 is 1.94 bits per heavy atom. The second-order valence-electron chi connectivity index (χ2n) is 8.44. The molecule has 0 radical (unpaired) electrons. The Bertz CT molecular complexity index is 1530. The Kier molecular flexibility index (Phi) is 5.99. The summed E-state index contributed by atoms with van der Waals surface area (Å²) in [6, 6.07) is 10.4. The molecule has 186 valence electrons. The van der Waals surface area contributed by atoms with Gasteiger partial charge in [-0.1, -0.05) is 29.5 Å². The number of amides is 1. The molecule has 1 amide bonds. The second-order valence-corrected chi connectivity index (χ2v) is 9.43. The molecule has 1 unspecified atom stereocenters. The average molecular weight is 516 g/mol. The predicted octanol–water partition coefficient (Wildman–Crippen LogP) is 4.77. The number of halogens is 3. The maximum Gasteiger partial charge on any atom is 0.573 e. The SMILES string of the molecule is Cc1ccc(-n2ncc3c(=O)n4c(nc32)SCC4CC(=O)Nc2ccc(OC(F)(F)F)cc2)c(C)c1. The van der Waals surface area contributed by atoms with E-state index in [4.69, 9.17) is 0 Å². The number of rotatable bonds is 5. The molecule has 0 fully saturated rings. The molecule has 12 heteroatoms. The van der Waals surface area contributed by atoms with Crippen LogP contribution in [0.3, 0.4) is 0 Å². The standard InChI is InChI=1S/C24H20F3N5O3S/c1-13-3-8-19(14(2)9-13)32-21-18(11-28-32)22(34)31-16(12-36-23(31)30-21)10-20(33)29-15-4-6-17(7-5-15)35-24(25,26)27/h3-9,11,16H,10,12H2,1-2H3,(H,29,33). The summed E-state index contributed by atoms with van der Waals surface area (Å²) in [5.74, 6) is -0.280. The fourth-order valence-electron chi connectivity index (χ4n) is 4.17. The van der Waals surface area contributed by atoms with Gasteiger partial charge in [-0.05, 0) is 49.7 Å². The van der Waals surface area contributed by atoms with E-state index in [1.165, 1.54) is 34.7 Å². The molecular weight excluding hydrogens is 495 g/mol. The third-order valence-electron chi connectivity index (χ3n) is 5.74. The van der Waals surface area contributed by atoms with Crippen molar-refractivity contribution in [2.24, 2.45) is 0 Å². The molecule has 1 atom stereocenters. The topological polar surface area (TPSA) is 91.0 Å². The van der Waals surface area contributed by atoms with Crippen LogP contribution in [-0.4, -0.2) is 37.4 Å². The summed E-state index contributed by atoms with van der Waals surface area (Å²) >= 11 is 1.38. The number of thioether (sulfide) groups is 1. The highest BCUT2D eigenvalue weighted by atomic mass is 32.2. The Morgan fingerprint density at radius 3 is 2.64 bits per heavy atom. The van der Waals surface area contributed by atoms with Crippen molar-refractivity contribution in [2.75, 3.05) is 11.1 Å². The lowest BCUT2D eigenvalue weighted by Crippen LogP contribution is -2.27. The maximum absolute atomic E-state index is 13.3. The van der Waals surface area contributed by atoms with Crippen LogP contribution in [0.25, 0.3) is 16.7 Å². The van der Waals surface area contributed by atoms with E-state index in [2.05, 4.69) is 20.1 Å². The number of alkyl halides is 3. The average Bonchev–Trinajstić information content (AvgIpc) is 3.39. The highest BCUT2D eigenvalue weighted by molar-refractivity contribution is 7.99. The van der Waals surface area contributed by atoms with Crippen molar-refractivity contribution < 1.29 is 22.7 Å². The number of carbonyl (C=O) groups is 1. The third kappa shape index (κ3) is 4.68. The number of hydrogen-bond acceptors (Lipinski definition) is 6. The normalized spacial score (nSPS) is 15.2. The highest BCUT2D eigenvalue weighted by Crippen LogP contribution is 2.34. The number of anilines is 1. The molecule has 0 spiro atoms. The van der Waals surface area contributed by atoms with Gasteiger partial charge in [0.25, 0.3) is 5.56 Å². The number of ether oxygens (including phenoxy) is 1. The van der Waals surface area contributed by atoms with Gasteiger partial charge in [0.2, 0.25) is 5.91 Å². The predicted molar refractivity (Wildman–Crippen MR) is 129 cm³/mol. The van der Waals surface area contributed by atoms with Crippen LogP contribution >= 0.6 is 11.8 Å². The smallest absolute Gasteiger partial charge is 0.406 e. The molecule has 2 aromatic heterocycles. The van der Waals surface area contributed by atoms with Crippen molar-refractivity contribution in [3.05, 3.63) is 70.1 Å². The Labute approximate surface area is 207 Å². The third-order valence-corrected chi connectivity index (χ3v) is 6.84. The molecule has 3 heterocycles. The van der Waals surface area contributed by atoms with Gasteiger partial charge in [-0.25, -0.2) is 9.67 Å². The van der Waals surface area contributed by atoms with Crippen LogP contribution in [0.4, 0.5) is 18.9 Å². The molecule has 5 rings (SSSR count). The quantitative estimate of drug-likeness (QED) is 0.385. The summed E-state index contributed by atoms with van der Waals surface area (Å²) in [6.07, 6.45) is -3.30. The summed E-state index contributed by atoms with van der Waals surface area (Å²) in [5.41, 5.74) is 3.44. The van der Waals surface area contributed by atoms with Crippen molar-refractivity contribution in [3.8, 4) is 11.4 Å². The van der Waals surface area contributed by atoms with Gasteiger partial charge in [0.05, 0.1) is 17.9 Å². The molecule has 36 heavy (non-hydrogen) atoms. The first-order valence-corrected chi connectivity index (χ1v) is 11.9. The molecular formula is C24H20F3N5O3S. The first-order chi connectivity index (χ1) is 17.1. The van der Waals surface area contributed by atoms with E-state index in [1.54, 1.807) is 4.68 Å². The van der Waals surface area contributed by atoms with Gasteiger partial charge in [0.1, 0.15) is 11.1 Å². The van der Waals surface area contributed by atoms with Gasteiger partial charge in [-0.15, -0.1) is 13.2 Å². The zero-order chi connectivity index (χ0) is 25.6. The summed E-state index contributed by atoms with van der Waals surface area (Å²) in [6.45, 7) is 3.97. The number of nitrogens with zero attached hydrogens (tertiary/aromatic N) is 4. The monoisotopic (exact) mass is 515 g/mol. The van der Waals surface area contributed by atoms with Gasteiger partial charge >= 0.3 is 6.36 Å². The molecule has 0 aliphatic carbocycles. The Morgan fingerprint density at radius 1 is 1.19 bits per heavy atom. The number of fused-ring (bicyclic) bond motifs is 2. The summed E-state index contributed by atoms with van der Waals surface area (Å²) < 4.78 is 44.0. The number of carbonyl (C=O) groups excluding carboxylic acids is 1. The van der Waals surface area contributed by atoms with Crippen molar-refractivity contribution in [1.82, 2.24) is 19.3 Å². The van der Waals surface area contributed by atoms with Gasteiger partial charge in [-0.3, -0.25) is 14.2 Å². The van der Waals surface area contributed by atoms with E-state index in [-0.39, 0.29) is 23.6 Å². The van der Waals surface area contributed by atoms with Crippen molar-refractivity contribution in [3.63, 3.8) is 0 Å². The first-order valence-electron chi connectivity index (χ1n) is 11.0. The maximum atomic E-state index is 13.3. The van der Waals surface area contributed by atoms with Gasteiger partial charge in [-0.2, -0.15) is 5.10 Å². The van der Waals surface area contributed by atoms with Crippen molar-refractivity contribution in [1.29, 1.82) is 0 Å². The number of nitrogens with one attached hydrogen (secondary N) is 1. The van der Waals surface area contributed by atoms with Crippen LogP contribution in [0.2, 0.25) is 0 Å². The van der Waals surface area contributed by atoms with Gasteiger partial charge in [0.15, 0.2) is 10.8 Å². The van der Waals surface area contributed by atoms with Crippen LogP contribution in [-0.2, 0) is 4.79 Å². The van der Waals surface area contributed by atoms with E-state index < -0.39 is 12.4 Å². The molecule has 0 saturated heterocycles. The number of hydrogen-bond donors (Lipinski definition) is 1. The summed E-state index contributed by atoms with van der Waals surface area (Å²) in [5, 5.41) is 7.90. The Hall–Kier alpha value is -3.80. The fourth-order valence-corrected chi connectivity index (χ4v) is 5.30. The minimum atomic E-state index is -4.79. The van der Waals surface area contributed by atoms with E-state index in [1.807, 2.05) is 32.0 Å². The molecule has 0 saturated carbocycles. The summed E-state index contributed by atoms with van der Waals surface area (Å²) in [7, 11) is 0. The van der Waals surface area contributed by atoms with Crippen molar-refractivity contribution >= 4 is 34.4 Å². The lowest BCUT2D eigenvalue weighted by atomic mass is 10.1. The number of aryl methyl sites for hydroxylation is 2. The molecule has 4 aromatic rings. The van der Waals surface area contributed by atoms with Crippen LogP contribution in [0.5, 0.6) is 5.75 Å². The Balaban J connectivity index is 1.36. The highest BCUT2D eigenvalue weighted by Gasteiger charge is 2.31. The molecule has 1 aliphatic heterocycles. The van der Waals surface area contributed by atoms with Crippen LogP contribution in [0.1, 0.15) is 23.6 Å². The number of benzene rings is 2. The van der Waals surface area contributed by atoms with Gasteiger partial charge in [0, 0.05) is 17.9 Å². The van der Waals surface area contributed by atoms with E-state index >= 15 is 0 Å². The van der Waals surface area contributed by atoms with Crippen molar-refractivity contribution in [2.45, 2.75) is 37.8 Å². The molecule has 1 aliphatic rings. The summed E-state index contributed by atoms with van der Waals surface area (Å²) in [4.78, 5) is 30.6. The zero-order valence-corrected chi connectivity index (χ0v) is 20.0. The van der Waals surface area contributed by atoms with E-state index in [9.17, 15) is 22.8 Å². The number of aromatic nitrogens is 4. The first kappa shape index (κ1) is 23.9. The lowest BCUT2D eigenvalue weighted by Gasteiger charge is -2.14. The second kappa shape index (κ2) is 9.01. The lowest BCUT2D eigenvalue weighted by molar-refractivity contribution is -0.274. The van der Waals surface area contributed by atoms with Crippen LogP contribution in [0, 0.1) is 13.8 Å². The van der Waals surface area contributed by atoms with Crippen LogP contribution in [0.15, 0.2) is 58.6 Å². The molecule has 0 bridgehead atoms. The van der Waals surface area contributed by atoms with E-state index in [0.29, 0.717) is 27.6 Å². The molecule has 8 nitrogen and oxygen atoms in total. The van der Waals surface area contributed by atoms with E-state index in [0.717, 1.165) is 28.9 Å².